The minimum absolute atomic E-state index is 0.0633. The highest BCUT2D eigenvalue weighted by Crippen LogP contribution is 2.04. The summed E-state index contributed by atoms with van der Waals surface area (Å²) >= 11 is 0. The zero-order valence-corrected chi connectivity index (χ0v) is 11.6. The van der Waals surface area contributed by atoms with Crippen molar-refractivity contribution in [1.82, 2.24) is 4.57 Å². The highest BCUT2D eigenvalue weighted by molar-refractivity contribution is 5.42. The van der Waals surface area contributed by atoms with Crippen LogP contribution in [0.4, 0.5) is 5.69 Å². The lowest BCUT2D eigenvalue weighted by Crippen LogP contribution is -2.23. The summed E-state index contributed by atoms with van der Waals surface area (Å²) in [6, 6.07) is 1.53. The van der Waals surface area contributed by atoms with Crippen molar-refractivity contribution in [3.05, 3.63) is 28.2 Å². The number of anilines is 1. The van der Waals surface area contributed by atoms with Gasteiger partial charge in [0.15, 0.2) is 0 Å². The van der Waals surface area contributed by atoms with E-state index in [2.05, 4.69) is 0 Å². The third-order valence-corrected chi connectivity index (χ3v) is 2.65. The minimum atomic E-state index is -0.0633. The number of ether oxygens (including phenoxy) is 3. The Kier molecular flexibility index (Phi) is 7.17. The van der Waals surface area contributed by atoms with E-state index in [1.807, 2.05) is 6.92 Å². The summed E-state index contributed by atoms with van der Waals surface area (Å²) in [5.74, 6) is 0. The van der Waals surface area contributed by atoms with Crippen molar-refractivity contribution in [1.29, 1.82) is 0 Å². The molecule has 19 heavy (non-hydrogen) atoms. The number of nitrogens with two attached hydrogens (primary N) is 1. The first kappa shape index (κ1) is 15.7. The van der Waals surface area contributed by atoms with Crippen molar-refractivity contribution in [2.24, 2.45) is 0 Å². The molecule has 0 fully saturated rings. The molecule has 0 saturated carbocycles. The van der Waals surface area contributed by atoms with Gasteiger partial charge in [0.1, 0.15) is 0 Å². The lowest BCUT2D eigenvalue weighted by atomic mass is 10.2. The van der Waals surface area contributed by atoms with Gasteiger partial charge in [-0.1, -0.05) is 0 Å². The summed E-state index contributed by atoms with van der Waals surface area (Å²) < 4.78 is 17.0. The van der Waals surface area contributed by atoms with Crippen LogP contribution in [-0.2, 0) is 20.8 Å². The fraction of sp³-hybridized carbons (Fsp3) is 0.615. The molecule has 1 rings (SSSR count). The lowest BCUT2D eigenvalue weighted by Gasteiger charge is -2.09. The molecular weight excluding hydrogens is 248 g/mol. The van der Waals surface area contributed by atoms with E-state index in [0.717, 1.165) is 5.56 Å². The number of hydrogen-bond acceptors (Lipinski definition) is 5. The van der Waals surface area contributed by atoms with Crippen molar-refractivity contribution in [3.8, 4) is 0 Å². The number of nitrogens with zero attached hydrogens (tertiary/aromatic N) is 1. The van der Waals surface area contributed by atoms with Crippen molar-refractivity contribution >= 4 is 5.69 Å². The normalized spacial score (nSPS) is 10.8. The summed E-state index contributed by atoms with van der Waals surface area (Å²) in [6.07, 6.45) is 1.65. The lowest BCUT2D eigenvalue weighted by molar-refractivity contribution is 0.0229. The molecule has 0 radical (unpaired) electrons. The molecule has 0 aliphatic rings. The van der Waals surface area contributed by atoms with Crippen LogP contribution in [-0.4, -0.2) is 44.7 Å². The number of rotatable bonds is 9. The van der Waals surface area contributed by atoms with Gasteiger partial charge in [-0.3, -0.25) is 4.79 Å². The van der Waals surface area contributed by atoms with Gasteiger partial charge in [-0.05, 0) is 12.5 Å². The van der Waals surface area contributed by atoms with Crippen LogP contribution in [0.15, 0.2) is 17.1 Å². The Labute approximate surface area is 113 Å². The van der Waals surface area contributed by atoms with E-state index in [1.165, 1.54) is 6.07 Å². The molecule has 0 aliphatic carbocycles. The average molecular weight is 270 g/mol. The second-order valence-electron chi connectivity index (χ2n) is 4.16. The van der Waals surface area contributed by atoms with Gasteiger partial charge in [0.25, 0.3) is 5.56 Å². The zero-order chi connectivity index (χ0) is 14.1. The Morgan fingerprint density at radius 3 is 2.47 bits per heavy atom. The fourth-order valence-electron chi connectivity index (χ4n) is 1.49. The molecule has 0 aliphatic heterocycles. The molecule has 0 amide bonds. The molecule has 1 aromatic rings. The third-order valence-electron chi connectivity index (χ3n) is 2.65. The maximum absolute atomic E-state index is 11.6. The summed E-state index contributed by atoms with van der Waals surface area (Å²) in [5.41, 5.74) is 7.11. The summed E-state index contributed by atoms with van der Waals surface area (Å²) in [6.45, 7) is 4.92. The molecule has 0 saturated heterocycles. The summed E-state index contributed by atoms with van der Waals surface area (Å²) in [5, 5.41) is 0. The highest BCUT2D eigenvalue weighted by Gasteiger charge is 2.00. The van der Waals surface area contributed by atoms with E-state index in [1.54, 1.807) is 17.9 Å². The second kappa shape index (κ2) is 8.68. The monoisotopic (exact) mass is 270 g/mol. The van der Waals surface area contributed by atoms with E-state index in [9.17, 15) is 4.79 Å². The smallest absolute Gasteiger partial charge is 0.250 e. The molecule has 108 valence electrons. The van der Waals surface area contributed by atoms with Gasteiger partial charge in [0, 0.05) is 25.9 Å². The largest absolute Gasteiger partial charge is 0.397 e. The van der Waals surface area contributed by atoms with Crippen LogP contribution in [0.25, 0.3) is 0 Å². The van der Waals surface area contributed by atoms with Crippen LogP contribution in [0.1, 0.15) is 5.56 Å². The molecule has 1 heterocycles. The maximum Gasteiger partial charge on any atom is 0.250 e. The van der Waals surface area contributed by atoms with E-state index in [4.69, 9.17) is 19.9 Å². The molecule has 2 N–H and O–H groups in total. The number of aryl methyl sites for hydroxylation is 1. The number of hydrogen-bond donors (Lipinski definition) is 1. The summed E-state index contributed by atoms with van der Waals surface area (Å²) in [7, 11) is 1.63. The fourth-order valence-corrected chi connectivity index (χ4v) is 1.49. The Hall–Kier alpha value is -1.37. The van der Waals surface area contributed by atoms with Gasteiger partial charge in [-0.2, -0.15) is 0 Å². The minimum Gasteiger partial charge on any atom is -0.397 e. The van der Waals surface area contributed by atoms with Crippen molar-refractivity contribution in [2.45, 2.75) is 13.5 Å². The molecule has 6 heteroatoms. The molecule has 1 aromatic heterocycles. The predicted octanol–water partition coefficient (Wildman–Crippen LogP) is 0.419. The summed E-state index contributed by atoms with van der Waals surface area (Å²) in [4.78, 5) is 11.6. The first-order valence-electron chi connectivity index (χ1n) is 6.26. The standard InChI is InChI=1S/C13H22N2O4/c1-11-9-13(16)15(10-12(11)14)3-4-18-7-8-19-6-5-17-2/h9-10H,3-8,14H2,1-2H3. The van der Waals surface area contributed by atoms with Gasteiger partial charge >= 0.3 is 0 Å². The van der Waals surface area contributed by atoms with Crippen LogP contribution < -0.4 is 11.3 Å². The van der Waals surface area contributed by atoms with Gasteiger partial charge in [0.05, 0.1) is 38.7 Å². The van der Waals surface area contributed by atoms with Crippen molar-refractivity contribution in [2.75, 3.05) is 45.9 Å². The third kappa shape index (κ3) is 5.87. The first-order valence-corrected chi connectivity index (χ1v) is 6.26. The SMILES string of the molecule is COCCOCCOCCn1cc(N)c(C)cc1=O. The topological polar surface area (TPSA) is 75.7 Å². The van der Waals surface area contributed by atoms with Crippen molar-refractivity contribution < 1.29 is 14.2 Å². The highest BCUT2D eigenvalue weighted by atomic mass is 16.5. The number of aromatic nitrogens is 1. The quantitative estimate of drug-likeness (QED) is 0.658. The molecule has 0 spiro atoms. The Morgan fingerprint density at radius 2 is 1.79 bits per heavy atom. The number of nitrogen functional groups attached to an aromatic ring is 1. The maximum atomic E-state index is 11.6. The molecule has 0 bridgehead atoms. The first-order chi connectivity index (χ1) is 9.15. The van der Waals surface area contributed by atoms with Gasteiger partial charge in [0.2, 0.25) is 0 Å². The molecule has 0 unspecified atom stereocenters. The number of methoxy groups -OCH3 is 1. The van der Waals surface area contributed by atoms with Crippen LogP contribution in [0.5, 0.6) is 0 Å². The van der Waals surface area contributed by atoms with E-state index in [0.29, 0.717) is 45.3 Å². The molecule has 0 atom stereocenters. The van der Waals surface area contributed by atoms with Gasteiger partial charge in [-0.15, -0.1) is 0 Å². The second-order valence-corrected chi connectivity index (χ2v) is 4.16. The molecular formula is C13H22N2O4. The Morgan fingerprint density at radius 1 is 1.16 bits per heavy atom. The van der Waals surface area contributed by atoms with Crippen LogP contribution in [0, 0.1) is 6.92 Å². The molecule has 0 aromatic carbocycles. The zero-order valence-electron chi connectivity index (χ0n) is 11.6. The van der Waals surface area contributed by atoms with Crippen LogP contribution >= 0.6 is 0 Å². The Balaban J connectivity index is 2.19. The van der Waals surface area contributed by atoms with Gasteiger partial charge < -0.3 is 24.5 Å². The van der Waals surface area contributed by atoms with Gasteiger partial charge in [-0.25, -0.2) is 0 Å². The van der Waals surface area contributed by atoms with E-state index < -0.39 is 0 Å². The molecule has 6 nitrogen and oxygen atoms in total. The van der Waals surface area contributed by atoms with Crippen LogP contribution in [0.3, 0.4) is 0 Å². The number of pyridine rings is 1. The Bertz CT molecular complexity index is 431. The average Bonchev–Trinajstić information content (AvgIpc) is 2.38. The van der Waals surface area contributed by atoms with Crippen LogP contribution in [0.2, 0.25) is 0 Å². The van der Waals surface area contributed by atoms with E-state index >= 15 is 0 Å². The predicted molar refractivity (Wildman–Crippen MR) is 73.4 cm³/mol. The van der Waals surface area contributed by atoms with E-state index in [-0.39, 0.29) is 5.56 Å². The van der Waals surface area contributed by atoms with Crippen molar-refractivity contribution in [3.63, 3.8) is 0 Å².